The zero-order valence-corrected chi connectivity index (χ0v) is 11.0. The number of hydrogen-bond acceptors (Lipinski definition) is 3. The largest absolute Gasteiger partial charge is 0.484 e. The number of rotatable bonds is 7. The van der Waals surface area contributed by atoms with Gasteiger partial charge in [0.2, 0.25) is 0 Å². The molecule has 2 N–H and O–H groups in total. The highest BCUT2D eigenvalue weighted by molar-refractivity contribution is 5.77. The third-order valence-corrected chi connectivity index (χ3v) is 2.65. The van der Waals surface area contributed by atoms with Crippen molar-refractivity contribution in [1.29, 1.82) is 0 Å². The fourth-order valence-corrected chi connectivity index (χ4v) is 1.59. The van der Waals surface area contributed by atoms with E-state index in [1.54, 1.807) is 0 Å². The van der Waals surface area contributed by atoms with E-state index >= 15 is 0 Å². The second-order valence-electron chi connectivity index (χ2n) is 4.27. The number of ether oxygens (including phenoxy) is 1. The number of carbonyl (C=O) groups excluding carboxylic acids is 1. The van der Waals surface area contributed by atoms with E-state index in [-0.39, 0.29) is 25.2 Å². The monoisotopic (exact) mass is 251 g/mol. The second-order valence-corrected chi connectivity index (χ2v) is 4.27. The Balaban J connectivity index is 2.37. The molecule has 0 heterocycles. The Morgan fingerprint density at radius 2 is 2.28 bits per heavy atom. The molecular weight excluding hydrogens is 230 g/mol. The minimum absolute atomic E-state index is 0.00291. The van der Waals surface area contributed by atoms with Gasteiger partial charge in [0.15, 0.2) is 6.61 Å². The fraction of sp³-hybridized carbons (Fsp3) is 0.500. The van der Waals surface area contributed by atoms with Crippen molar-refractivity contribution in [2.24, 2.45) is 0 Å². The number of aliphatic hydroxyl groups excluding tert-OH is 1. The van der Waals surface area contributed by atoms with Gasteiger partial charge in [0.05, 0.1) is 0 Å². The Kier molecular flexibility index (Phi) is 6.22. The Morgan fingerprint density at radius 3 is 2.94 bits per heavy atom. The van der Waals surface area contributed by atoms with E-state index in [0.29, 0.717) is 12.2 Å². The van der Waals surface area contributed by atoms with Crippen LogP contribution in [0.2, 0.25) is 0 Å². The van der Waals surface area contributed by atoms with Crippen LogP contribution >= 0.6 is 0 Å². The molecule has 1 atom stereocenters. The van der Waals surface area contributed by atoms with Gasteiger partial charge in [-0.3, -0.25) is 4.79 Å². The standard InChI is InChI=1S/C14H21NO3/c1-3-12-5-4-6-13(9-12)18-10-14(17)15-11(2)7-8-16/h4-6,9,11,16H,3,7-8,10H2,1-2H3,(H,15,17). The summed E-state index contributed by atoms with van der Waals surface area (Å²) in [6.45, 7) is 4.00. The van der Waals surface area contributed by atoms with Gasteiger partial charge in [-0.1, -0.05) is 19.1 Å². The molecule has 4 nitrogen and oxygen atoms in total. The van der Waals surface area contributed by atoms with Crippen molar-refractivity contribution in [3.63, 3.8) is 0 Å². The summed E-state index contributed by atoms with van der Waals surface area (Å²) in [6, 6.07) is 7.68. The van der Waals surface area contributed by atoms with Crippen LogP contribution in [0.25, 0.3) is 0 Å². The van der Waals surface area contributed by atoms with Crippen molar-refractivity contribution in [3.05, 3.63) is 29.8 Å². The molecule has 1 unspecified atom stereocenters. The molecule has 0 aliphatic carbocycles. The van der Waals surface area contributed by atoms with Gasteiger partial charge in [0, 0.05) is 12.6 Å². The molecule has 0 spiro atoms. The first kappa shape index (κ1) is 14.5. The van der Waals surface area contributed by atoms with Crippen LogP contribution < -0.4 is 10.1 Å². The number of benzene rings is 1. The van der Waals surface area contributed by atoms with Crippen LogP contribution in [0, 0.1) is 0 Å². The van der Waals surface area contributed by atoms with Crippen LogP contribution in [-0.4, -0.2) is 30.3 Å². The molecule has 4 heteroatoms. The topological polar surface area (TPSA) is 58.6 Å². The maximum atomic E-state index is 11.5. The summed E-state index contributed by atoms with van der Waals surface area (Å²) in [4.78, 5) is 11.5. The maximum absolute atomic E-state index is 11.5. The van der Waals surface area contributed by atoms with Crippen LogP contribution in [0.3, 0.4) is 0 Å². The lowest BCUT2D eigenvalue weighted by Crippen LogP contribution is -2.36. The molecule has 1 aromatic carbocycles. The van der Waals surface area contributed by atoms with Gasteiger partial charge < -0.3 is 15.2 Å². The third kappa shape index (κ3) is 5.19. The number of hydrogen-bond donors (Lipinski definition) is 2. The average molecular weight is 251 g/mol. The first-order valence-electron chi connectivity index (χ1n) is 6.27. The molecule has 18 heavy (non-hydrogen) atoms. The predicted molar refractivity (Wildman–Crippen MR) is 70.6 cm³/mol. The van der Waals surface area contributed by atoms with Crippen LogP contribution in [0.4, 0.5) is 0 Å². The zero-order valence-electron chi connectivity index (χ0n) is 11.0. The Hall–Kier alpha value is -1.55. The lowest BCUT2D eigenvalue weighted by Gasteiger charge is -2.13. The number of aryl methyl sites for hydroxylation is 1. The first-order chi connectivity index (χ1) is 8.65. The van der Waals surface area contributed by atoms with E-state index < -0.39 is 0 Å². The summed E-state index contributed by atoms with van der Waals surface area (Å²) >= 11 is 0. The van der Waals surface area contributed by atoms with E-state index in [0.717, 1.165) is 6.42 Å². The Labute approximate surface area is 108 Å². The van der Waals surface area contributed by atoms with Gasteiger partial charge in [0.25, 0.3) is 5.91 Å². The van der Waals surface area contributed by atoms with E-state index in [2.05, 4.69) is 12.2 Å². The van der Waals surface area contributed by atoms with Crippen molar-refractivity contribution in [2.75, 3.05) is 13.2 Å². The number of nitrogens with one attached hydrogen (secondary N) is 1. The molecule has 0 aliphatic rings. The molecule has 0 fully saturated rings. The van der Waals surface area contributed by atoms with Gasteiger partial charge in [0.1, 0.15) is 5.75 Å². The molecule has 0 radical (unpaired) electrons. The molecule has 1 rings (SSSR count). The van der Waals surface area contributed by atoms with Crippen LogP contribution in [0.1, 0.15) is 25.8 Å². The Morgan fingerprint density at radius 1 is 1.50 bits per heavy atom. The van der Waals surface area contributed by atoms with Crippen molar-refractivity contribution >= 4 is 5.91 Å². The predicted octanol–water partition coefficient (Wildman–Crippen LogP) is 1.51. The molecule has 0 aromatic heterocycles. The number of amides is 1. The summed E-state index contributed by atoms with van der Waals surface area (Å²) in [6.07, 6.45) is 1.49. The molecular formula is C14H21NO3. The van der Waals surface area contributed by atoms with Crippen molar-refractivity contribution < 1.29 is 14.6 Å². The second kappa shape index (κ2) is 7.71. The SMILES string of the molecule is CCc1cccc(OCC(=O)NC(C)CCO)c1. The van der Waals surface area contributed by atoms with Crippen LogP contribution in [-0.2, 0) is 11.2 Å². The molecule has 0 bridgehead atoms. The lowest BCUT2D eigenvalue weighted by atomic mass is 10.2. The van der Waals surface area contributed by atoms with Gasteiger partial charge in [-0.2, -0.15) is 0 Å². The first-order valence-corrected chi connectivity index (χ1v) is 6.27. The van der Waals surface area contributed by atoms with Gasteiger partial charge in [-0.05, 0) is 37.5 Å². The third-order valence-electron chi connectivity index (χ3n) is 2.65. The highest BCUT2D eigenvalue weighted by Crippen LogP contribution is 2.13. The Bertz CT molecular complexity index is 379. The van der Waals surface area contributed by atoms with Crippen molar-refractivity contribution in [1.82, 2.24) is 5.32 Å². The molecule has 0 aliphatic heterocycles. The zero-order chi connectivity index (χ0) is 13.4. The maximum Gasteiger partial charge on any atom is 0.258 e. The highest BCUT2D eigenvalue weighted by atomic mass is 16.5. The van der Waals surface area contributed by atoms with Crippen LogP contribution in [0.5, 0.6) is 5.75 Å². The lowest BCUT2D eigenvalue weighted by molar-refractivity contribution is -0.123. The van der Waals surface area contributed by atoms with E-state index in [1.165, 1.54) is 5.56 Å². The summed E-state index contributed by atoms with van der Waals surface area (Å²) in [5.41, 5.74) is 1.18. The summed E-state index contributed by atoms with van der Waals surface area (Å²) in [7, 11) is 0. The smallest absolute Gasteiger partial charge is 0.258 e. The number of aliphatic hydroxyl groups is 1. The summed E-state index contributed by atoms with van der Waals surface area (Å²) in [5.74, 6) is 0.539. The quantitative estimate of drug-likeness (QED) is 0.772. The highest BCUT2D eigenvalue weighted by Gasteiger charge is 2.07. The normalized spacial score (nSPS) is 11.9. The minimum Gasteiger partial charge on any atom is -0.484 e. The van der Waals surface area contributed by atoms with E-state index in [4.69, 9.17) is 9.84 Å². The van der Waals surface area contributed by atoms with Crippen molar-refractivity contribution in [3.8, 4) is 5.75 Å². The molecule has 0 saturated carbocycles. The van der Waals surface area contributed by atoms with Gasteiger partial charge >= 0.3 is 0 Å². The molecule has 0 saturated heterocycles. The van der Waals surface area contributed by atoms with Gasteiger partial charge in [-0.25, -0.2) is 0 Å². The summed E-state index contributed by atoms with van der Waals surface area (Å²) in [5, 5.41) is 11.5. The fourth-order valence-electron chi connectivity index (χ4n) is 1.59. The average Bonchev–Trinajstić information content (AvgIpc) is 2.37. The van der Waals surface area contributed by atoms with Gasteiger partial charge in [-0.15, -0.1) is 0 Å². The number of carbonyl (C=O) groups is 1. The molecule has 1 aromatic rings. The summed E-state index contributed by atoms with van der Waals surface area (Å²) < 4.78 is 5.41. The van der Waals surface area contributed by atoms with Crippen molar-refractivity contribution in [2.45, 2.75) is 32.7 Å². The minimum atomic E-state index is -0.169. The molecule has 1 amide bonds. The van der Waals surface area contributed by atoms with E-state index in [1.807, 2.05) is 31.2 Å². The molecule has 100 valence electrons. The van der Waals surface area contributed by atoms with E-state index in [9.17, 15) is 4.79 Å². The van der Waals surface area contributed by atoms with Crippen LogP contribution in [0.15, 0.2) is 24.3 Å².